The lowest BCUT2D eigenvalue weighted by atomic mass is 9.60. The molecule has 0 amide bonds. The van der Waals surface area contributed by atoms with Gasteiger partial charge in [0.1, 0.15) is 0 Å². The summed E-state index contributed by atoms with van der Waals surface area (Å²) in [7, 11) is -3.48. The van der Waals surface area contributed by atoms with Crippen molar-refractivity contribution in [3.05, 3.63) is 41.5 Å². The number of benzene rings is 1. The number of nitrogens with one attached hydrogen (secondary N) is 1. The van der Waals surface area contributed by atoms with E-state index in [9.17, 15) is 13.5 Å². The molecule has 31 heavy (non-hydrogen) atoms. The molecule has 1 aromatic carbocycles. The van der Waals surface area contributed by atoms with Gasteiger partial charge in [0.25, 0.3) is 0 Å². The second-order valence-corrected chi connectivity index (χ2v) is 11.0. The van der Waals surface area contributed by atoms with Crippen LogP contribution in [0.5, 0.6) is 0 Å². The summed E-state index contributed by atoms with van der Waals surface area (Å²) in [6, 6.07) is 6.93. The molecular formula is C24H35NO5S. The molecule has 2 fully saturated rings. The van der Waals surface area contributed by atoms with E-state index in [1.807, 2.05) is 19.1 Å². The maximum absolute atomic E-state index is 12.5. The Kier molecular flexibility index (Phi) is 6.89. The van der Waals surface area contributed by atoms with Crippen LogP contribution >= 0.6 is 0 Å². The second kappa shape index (κ2) is 9.32. The first-order chi connectivity index (χ1) is 14.9. The number of allylic oxidation sites excluding steroid dienone is 2. The average Bonchev–Trinajstić information content (AvgIpc) is 3.35. The smallest absolute Gasteiger partial charge is 0.240 e. The van der Waals surface area contributed by atoms with Gasteiger partial charge in [-0.1, -0.05) is 29.3 Å². The van der Waals surface area contributed by atoms with Gasteiger partial charge in [-0.15, -0.1) is 0 Å². The Labute approximate surface area is 186 Å². The highest BCUT2D eigenvalue weighted by Gasteiger charge is 2.54. The number of sulfonamides is 1. The highest BCUT2D eigenvalue weighted by atomic mass is 32.2. The third kappa shape index (κ3) is 4.76. The van der Waals surface area contributed by atoms with E-state index in [4.69, 9.17) is 9.47 Å². The monoisotopic (exact) mass is 449 g/mol. The molecule has 3 aliphatic rings. The Morgan fingerprint density at radius 2 is 1.87 bits per heavy atom. The van der Waals surface area contributed by atoms with Crippen LogP contribution in [0.3, 0.4) is 0 Å². The predicted molar refractivity (Wildman–Crippen MR) is 119 cm³/mol. The van der Waals surface area contributed by atoms with Crippen LogP contribution in [0.15, 0.2) is 40.8 Å². The van der Waals surface area contributed by atoms with Crippen LogP contribution in [0, 0.1) is 18.3 Å². The summed E-state index contributed by atoms with van der Waals surface area (Å²) in [6.07, 6.45) is 9.63. The first-order valence-corrected chi connectivity index (χ1v) is 13.0. The molecule has 6 nitrogen and oxygen atoms in total. The summed E-state index contributed by atoms with van der Waals surface area (Å²) in [6.45, 7) is 3.92. The lowest BCUT2D eigenvalue weighted by Gasteiger charge is -2.48. The van der Waals surface area contributed by atoms with Gasteiger partial charge in [0.2, 0.25) is 10.0 Å². The molecule has 1 heterocycles. The van der Waals surface area contributed by atoms with Crippen molar-refractivity contribution in [2.45, 2.75) is 69.0 Å². The molecule has 2 aliphatic carbocycles. The molecule has 1 aromatic rings. The summed E-state index contributed by atoms with van der Waals surface area (Å²) >= 11 is 0. The number of fused-ring (bicyclic) bond motifs is 1. The minimum atomic E-state index is -3.48. The SMILES string of the molecule is Cc1ccc(S(=O)(=O)NCCCC2=CC[C@@H]3CC4(CC[C@]23CCCO)OCCO4)cc1. The first-order valence-electron chi connectivity index (χ1n) is 11.5. The van der Waals surface area contributed by atoms with E-state index in [-0.39, 0.29) is 12.0 Å². The van der Waals surface area contributed by atoms with E-state index >= 15 is 0 Å². The molecule has 2 atom stereocenters. The third-order valence-corrected chi connectivity index (χ3v) is 8.90. The van der Waals surface area contributed by atoms with Crippen molar-refractivity contribution in [2.75, 3.05) is 26.4 Å². The van der Waals surface area contributed by atoms with Crippen molar-refractivity contribution in [1.29, 1.82) is 0 Å². The molecule has 0 unspecified atom stereocenters. The Hall–Kier alpha value is -1.25. The lowest BCUT2D eigenvalue weighted by Crippen LogP contribution is -2.45. The van der Waals surface area contributed by atoms with E-state index in [1.165, 1.54) is 5.57 Å². The number of aliphatic hydroxyl groups is 1. The number of aryl methyl sites for hydroxylation is 1. The van der Waals surface area contributed by atoms with E-state index in [1.54, 1.807) is 12.1 Å². The first kappa shape index (κ1) is 22.9. The maximum Gasteiger partial charge on any atom is 0.240 e. The molecule has 7 heteroatoms. The minimum Gasteiger partial charge on any atom is -0.396 e. The Bertz CT molecular complexity index is 889. The fraction of sp³-hybridized carbons (Fsp3) is 0.667. The van der Waals surface area contributed by atoms with Crippen LogP contribution in [0.1, 0.15) is 56.9 Å². The molecule has 2 N–H and O–H groups in total. The van der Waals surface area contributed by atoms with E-state index < -0.39 is 15.8 Å². The molecular weight excluding hydrogens is 414 g/mol. The predicted octanol–water partition coefficient (Wildman–Crippen LogP) is 3.69. The van der Waals surface area contributed by atoms with Gasteiger partial charge in [-0.05, 0) is 68.9 Å². The van der Waals surface area contributed by atoms with Crippen LogP contribution in [0.2, 0.25) is 0 Å². The Balaban J connectivity index is 1.36. The van der Waals surface area contributed by atoms with Crippen molar-refractivity contribution < 1.29 is 23.0 Å². The highest BCUT2D eigenvalue weighted by molar-refractivity contribution is 7.89. The molecule has 172 valence electrons. The zero-order valence-electron chi connectivity index (χ0n) is 18.4. The van der Waals surface area contributed by atoms with Crippen LogP contribution in [0.4, 0.5) is 0 Å². The van der Waals surface area contributed by atoms with E-state index in [0.29, 0.717) is 30.6 Å². The van der Waals surface area contributed by atoms with E-state index in [2.05, 4.69) is 10.8 Å². The number of hydrogen-bond acceptors (Lipinski definition) is 5. The summed E-state index contributed by atoms with van der Waals surface area (Å²) in [5, 5.41) is 9.49. The molecule has 1 spiro atoms. The summed E-state index contributed by atoms with van der Waals surface area (Å²) in [4.78, 5) is 0.312. The quantitative estimate of drug-likeness (QED) is 0.444. The molecule has 1 saturated heterocycles. The highest BCUT2D eigenvalue weighted by Crippen LogP contribution is 2.59. The number of ether oxygens (including phenoxy) is 2. The van der Waals surface area contributed by atoms with Gasteiger partial charge in [-0.3, -0.25) is 0 Å². The standard InChI is InChI=1S/C24H35NO5S/c1-19-5-9-22(10-6-19)31(27,28)25-14-2-4-20-7-8-21-18-24(29-16-17-30-24)13-12-23(20,21)11-3-15-26/h5-7,9-10,21,25-26H,2-4,8,11-18H2,1H3/t21-,23-/m1/s1. The van der Waals surface area contributed by atoms with Gasteiger partial charge in [0.15, 0.2) is 5.79 Å². The summed E-state index contributed by atoms with van der Waals surface area (Å²) in [5.74, 6) is 0.0746. The molecule has 4 rings (SSSR count). The van der Waals surface area contributed by atoms with E-state index in [0.717, 1.165) is 56.9 Å². The van der Waals surface area contributed by atoms with Crippen LogP contribution < -0.4 is 4.72 Å². The van der Waals surface area contributed by atoms with Crippen molar-refractivity contribution in [3.63, 3.8) is 0 Å². The summed E-state index contributed by atoms with van der Waals surface area (Å²) < 4.78 is 39.8. The fourth-order valence-electron chi connectivity index (χ4n) is 5.79. The van der Waals surface area contributed by atoms with Gasteiger partial charge in [-0.25, -0.2) is 13.1 Å². The zero-order chi connectivity index (χ0) is 22.0. The molecule has 1 saturated carbocycles. The summed E-state index contributed by atoms with van der Waals surface area (Å²) in [5.41, 5.74) is 2.57. The molecule has 1 aliphatic heterocycles. The van der Waals surface area contributed by atoms with Crippen LogP contribution in [-0.4, -0.2) is 45.7 Å². The van der Waals surface area contributed by atoms with Crippen molar-refractivity contribution in [3.8, 4) is 0 Å². The normalized spacial score (nSPS) is 27.4. The number of aliphatic hydroxyl groups excluding tert-OH is 1. The lowest BCUT2D eigenvalue weighted by molar-refractivity contribution is -0.202. The maximum atomic E-state index is 12.5. The molecule has 0 bridgehead atoms. The molecule has 0 radical (unpaired) electrons. The van der Waals surface area contributed by atoms with Gasteiger partial charge in [0, 0.05) is 26.0 Å². The van der Waals surface area contributed by atoms with Gasteiger partial charge in [0.05, 0.1) is 18.1 Å². The topological polar surface area (TPSA) is 84.9 Å². The fourth-order valence-corrected chi connectivity index (χ4v) is 6.86. The second-order valence-electron chi connectivity index (χ2n) is 9.27. The van der Waals surface area contributed by atoms with Gasteiger partial charge >= 0.3 is 0 Å². The average molecular weight is 450 g/mol. The van der Waals surface area contributed by atoms with Crippen molar-refractivity contribution in [2.24, 2.45) is 11.3 Å². The van der Waals surface area contributed by atoms with Crippen molar-refractivity contribution in [1.82, 2.24) is 4.72 Å². The number of hydrogen-bond donors (Lipinski definition) is 2. The van der Waals surface area contributed by atoms with Gasteiger partial charge in [-0.2, -0.15) is 0 Å². The van der Waals surface area contributed by atoms with Crippen LogP contribution in [-0.2, 0) is 19.5 Å². The van der Waals surface area contributed by atoms with Crippen LogP contribution in [0.25, 0.3) is 0 Å². The number of rotatable bonds is 9. The Morgan fingerprint density at radius 1 is 1.13 bits per heavy atom. The third-order valence-electron chi connectivity index (χ3n) is 7.42. The zero-order valence-corrected chi connectivity index (χ0v) is 19.3. The minimum absolute atomic E-state index is 0.0964. The van der Waals surface area contributed by atoms with Crippen molar-refractivity contribution >= 4 is 10.0 Å². The van der Waals surface area contributed by atoms with Gasteiger partial charge < -0.3 is 14.6 Å². The largest absolute Gasteiger partial charge is 0.396 e. The molecule has 0 aromatic heterocycles. The Morgan fingerprint density at radius 3 is 2.58 bits per heavy atom.